The molecule has 0 fully saturated rings. The summed E-state index contributed by atoms with van der Waals surface area (Å²) in [6, 6.07) is 18.2. The molecule has 0 saturated heterocycles. The van der Waals surface area contributed by atoms with Crippen LogP contribution in [0.3, 0.4) is 0 Å². The quantitative estimate of drug-likeness (QED) is 0.134. The average Bonchev–Trinajstić information content (AvgIpc) is 2.98. The molecule has 4 aromatic carbocycles. The largest absolute Gasteiger partial charge is 0.507 e. The summed E-state index contributed by atoms with van der Waals surface area (Å²) < 4.78 is 45.1. The molecule has 0 unspecified atom stereocenters. The second-order valence-corrected chi connectivity index (χ2v) is 10.1. The van der Waals surface area contributed by atoms with Crippen LogP contribution >= 0.6 is 0 Å². The van der Waals surface area contributed by atoms with Crippen molar-refractivity contribution in [1.82, 2.24) is 0 Å². The van der Waals surface area contributed by atoms with Crippen LogP contribution in [0.15, 0.2) is 72.8 Å². The Hall–Kier alpha value is -4.59. The Bertz CT molecular complexity index is 1530. The number of aromatic carboxylic acids is 1. The van der Waals surface area contributed by atoms with Crippen LogP contribution < -0.4 is 14.2 Å². The number of carboxylic acids is 1. The molecule has 0 spiro atoms. The van der Waals surface area contributed by atoms with Crippen molar-refractivity contribution in [2.24, 2.45) is 0 Å². The van der Waals surface area contributed by atoms with Gasteiger partial charge in [0.1, 0.15) is 45.9 Å². The summed E-state index contributed by atoms with van der Waals surface area (Å²) in [6.07, 6.45) is 4.59. The van der Waals surface area contributed by atoms with Gasteiger partial charge in [0, 0.05) is 23.3 Å². The summed E-state index contributed by atoms with van der Waals surface area (Å²) in [7, 11) is 0. The fourth-order valence-corrected chi connectivity index (χ4v) is 4.78. The van der Waals surface area contributed by atoms with Crippen LogP contribution in [-0.4, -0.2) is 29.4 Å². The van der Waals surface area contributed by atoms with Gasteiger partial charge in [-0.2, -0.15) is 0 Å². The van der Waals surface area contributed by atoms with E-state index in [1.807, 2.05) is 26.0 Å². The van der Waals surface area contributed by atoms with Crippen LogP contribution in [0, 0.1) is 11.6 Å². The van der Waals surface area contributed by atoms with Crippen molar-refractivity contribution < 1.29 is 38.0 Å². The standard InChI is InChI=1S/C35H36F2O6/c1-3-9-27-31(10-8-11-32(27)43-34-21-26(37)16-17-28(34)35(39)40)41-18-6-5-7-19-42-33-22-30(38)29(20-23(33)4-2)24-12-14-25(36)15-13-24/h8,10-17,20-22,38H,3-7,9,18-19H2,1-2H3,(H,39,40). The molecule has 4 aromatic rings. The lowest BCUT2D eigenvalue weighted by Crippen LogP contribution is -2.05. The molecule has 6 nitrogen and oxygen atoms in total. The Morgan fingerprint density at radius 2 is 1.44 bits per heavy atom. The Kier molecular flexibility index (Phi) is 11.0. The first-order chi connectivity index (χ1) is 20.8. The number of hydrogen-bond donors (Lipinski definition) is 2. The SMILES string of the molecule is CCCc1c(OCCCCCOc2cc(O)c(-c3ccc(F)cc3)cc2CC)cccc1Oc1cc(F)ccc1C(=O)O. The maximum absolute atomic E-state index is 13.9. The van der Waals surface area contributed by atoms with Gasteiger partial charge in [-0.3, -0.25) is 0 Å². The van der Waals surface area contributed by atoms with E-state index in [2.05, 4.69) is 0 Å². The van der Waals surface area contributed by atoms with Crippen LogP contribution in [0.2, 0.25) is 0 Å². The lowest BCUT2D eigenvalue weighted by molar-refractivity contribution is 0.0694. The monoisotopic (exact) mass is 590 g/mol. The van der Waals surface area contributed by atoms with E-state index in [0.717, 1.165) is 60.9 Å². The van der Waals surface area contributed by atoms with Crippen LogP contribution in [0.25, 0.3) is 11.1 Å². The molecule has 2 N–H and O–H groups in total. The molecule has 0 bridgehead atoms. The normalized spacial score (nSPS) is 10.9. The van der Waals surface area contributed by atoms with E-state index < -0.39 is 11.8 Å². The number of carbonyl (C=O) groups is 1. The van der Waals surface area contributed by atoms with Crippen molar-refractivity contribution in [3.8, 4) is 39.9 Å². The number of benzene rings is 4. The van der Waals surface area contributed by atoms with Crippen LogP contribution in [-0.2, 0) is 12.8 Å². The minimum Gasteiger partial charge on any atom is -0.507 e. The smallest absolute Gasteiger partial charge is 0.339 e. The fraction of sp³-hybridized carbons (Fsp3) is 0.286. The highest BCUT2D eigenvalue weighted by molar-refractivity contribution is 5.91. The molecule has 43 heavy (non-hydrogen) atoms. The number of ether oxygens (including phenoxy) is 3. The molecule has 8 heteroatoms. The third-order valence-electron chi connectivity index (χ3n) is 7.00. The van der Waals surface area contributed by atoms with Crippen molar-refractivity contribution in [3.63, 3.8) is 0 Å². The lowest BCUT2D eigenvalue weighted by Gasteiger charge is -2.17. The van der Waals surface area contributed by atoms with Gasteiger partial charge in [-0.25, -0.2) is 13.6 Å². The highest BCUT2D eigenvalue weighted by Crippen LogP contribution is 2.37. The average molecular weight is 591 g/mol. The van der Waals surface area contributed by atoms with E-state index in [1.54, 1.807) is 30.3 Å². The summed E-state index contributed by atoms with van der Waals surface area (Å²) in [5, 5.41) is 20.1. The van der Waals surface area contributed by atoms with Gasteiger partial charge in [-0.15, -0.1) is 0 Å². The predicted molar refractivity (Wildman–Crippen MR) is 162 cm³/mol. The van der Waals surface area contributed by atoms with Gasteiger partial charge < -0.3 is 24.4 Å². The van der Waals surface area contributed by atoms with E-state index >= 15 is 0 Å². The molecule has 0 aromatic heterocycles. The Morgan fingerprint density at radius 1 is 0.767 bits per heavy atom. The van der Waals surface area contributed by atoms with Gasteiger partial charge in [0.25, 0.3) is 0 Å². The number of phenols is 1. The first-order valence-electron chi connectivity index (χ1n) is 14.5. The Balaban J connectivity index is 1.31. The highest BCUT2D eigenvalue weighted by atomic mass is 19.1. The molecule has 0 atom stereocenters. The Labute approximate surface area is 250 Å². The zero-order valence-corrected chi connectivity index (χ0v) is 24.4. The number of carboxylic acid groups (broad SMARTS) is 1. The first-order valence-corrected chi connectivity index (χ1v) is 14.5. The third kappa shape index (κ3) is 8.25. The number of unbranched alkanes of at least 4 members (excludes halogenated alkanes) is 2. The van der Waals surface area contributed by atoms with Crippen molar-refractivity contribution in [3.05, 3.63) is 101 Å². The minimum absolute atomic E-state index is 0.0633. The van der Waals surface area contributed by atoms with Crippen LogP contribution in [0.5, 0.6) is 28.7 Å². The maximum atomic E-state index is 13.9. The van der Waals surface area contributed by atoms with E-state index in [-0.39, 0.29) is 22.9 Å². The number of phenolic OH excluding ortho intramolecular Hbond substituents is 1. The number of rotatable bonds is 15. The van der Waals surface area contributed by atoms with E-state index in [4.69, 9.17) is 14.2 Å². The van der Waals surface area contributed by atoms with Gasteiger partial charge in [-0.05, 0) is 85.7 Å². The van der Waals surface area contributed by atoms with Gasteiger partial charge >= 0.3 is 5.97 Å². The molecule has 226 valence electrons. The van der Waals surface area contributed by atoms with Gasteiger partial charge in [-0.1, -0.05) is 38.5 Å². The molecular weight excluding hydrogens is 554 g/mol. The second kappa shape index (κ2) is 15.0. The van der Waals surface area contributed by atoms with Gasteiger partial charge in [0.15, 0.2) is 0 Å². The van der Waals surface area contributed by atoms with E-state index in [1.165, 1.54) is 18.2 Å². The van der Waals surface area contributed by atoms with Crippen molar-refractivity contribution in [2.45, 2.75) is 52.4 Å². The summed E-state index contributed by atoms with van der Waals surface area (Å²) in [6.45, 7) is 4.98. The molecule has 0 amide bonds. The van der Waals surface area contributed by atoms with Gasteiger partial charge in [0.05, 0.1) is 13.2 Å². The maximum Gasteiger partial charge on any atom is 0.339 e. The number of halogens is 2. The minimum atomic E-state index is -1.20. The summed E-state index contributed by atoms with van der Waals surface area (Å²) in [5.74, 6) is -0.386. The zero-order chi connectivity index (χ0) is 30.8. The topological polar surface area (TPSA) is 85.2 Å². The fourth-order valence-electron chi connectivity index (χ4n) is 4.78. The summed E-state index contributed by atoms with van der Waals surface area (Å²) in [4.78, 5) is 11.6. The summed E-state index contributed by atoms with van der Waals surface area (Å²) in [5.41, 5.74) is 3.00. The zero-order valence-electron chi connectivity index (χ0n) is 24.4. The number of aryl methyl sites for hydroxylation is 1. The molecule has 4 rings (SSSR count). The number of aromatic hydroxyl groups is 1. The molecule has 0 aliphatic rings. The third-order valence-corrected chi connectivity index (χ3v) is 7.00. The molecule has 0 saturated carbocycles. The van der Waals surface area contributed by atoms with Crippen LogP contribution in [0.4, 0.5) is 8.78 Å². The van der Waals surface area contributed by atoms with Crippen molar-refractivity contribution in [2.75, 3.05) is 13.2 Å². The molecule has 0 aliphatic carbocycles. The Morgan fingerprint density at radius 3 is 2.12 bits per heavy atom. The number of hydrogen-bond acceptors (Lipinski definition) is 5. The first kappa shape index (κ1) is 31.3. The summed E-state index contributed by atoms with van der Waals surface area (Å²) >= 11 is 0. The van der Waals surface area contributed by atoms with Crippen LogP contribution in [0.1, 0.15) is 61.0 Å². The van der Waals surface area contributed by atoms with E-state index in [0.29, 0.717) is 42.4 Å². The van der Waals surface area contributed by atoms with Crippen molar-refractivity contribution >= 4 is 5.97 Å². The highest BCUT2D eigenvalue weighted by Gasteiger charge is 2.17. The molecular formula is C35H36F2O6. The second-order valence-electron chi connectivity index (χ2n) is 10.1. The lowest BCUT2D eigenvalue weighted by atomic mass is 10.00. The van der Waals surface area contributed by atoms with Crippen molar-refractivity contribution in [1.29, 1.82) is 0 Å². The molecule has 0 heterocycles. The van der Waals surface area contributed by atoms with E-state index in [9.17, 15) is 23.8 Å². The molecule has 0 aliphatic heterocycles. The predicted octanol–water partition coefficient (Wildman–Crippen LogP) is 8.97. The molecule has 0 radical (unpaired) electrons. The van der Waals surface area contributed by atoms with Gasteiger partial charge in [0.2, 0.25) is 0 Å².